The highest BCUT2D eigenvalue weighted by atomic mass is 15.2. The summed E-state index contributed by atoms with van der Waals surface area (Å²) >= 11 is 0. The van der Waals surface area contributed by atoms with Crippen molar-refractivity contribution in [3.63, 3.8) is 0 Å². The van der Waals surface area contributed by atoms with Gasteiger partial charge in [-0.15, -0.1) is 0 Å². The third-order valence-electron chi connectivity index (χ3n) is 3.14. The van der Waals surface area contributed by atoms with E-state index in [1.807, 2.05) is 0 Å². The zero-order valence-corrected chi connectivity index (χ0v) is 10.2. The van der Waals surface area contributed by atoms with E-state index >= 15 is 0 Å². The molecule has 0 aromatic carbocycles. The first kappa shape index (κ1) is 12.7. The molecule has 0 aromatic heterocycles. The van der Waals surface area contributed by atoms with Gasteiger partial charge in [-0.05, 0) is 26.4 Å². The van der Waals surface area contributed by atoms with Crippen molar-refractivity contribution in [2.75, 3.05) is 39.8 Å². The predicted molar refractivity (Wildman–Crippen MR) is 66.0 cm³/mol. The second-order valence-electron chi connectivity index (χ2n) is 4.38. The van der Waals surface area contributed by atoms with Gasteiger partial charge < -0.3 is 10.6 Å². The molecule has 3 nitrogen and oxygen atoms in total. The summed E-state index contributed by atoms with van der Waals surface area (Å²) in [6.45, 7) is 7.65. The monoisotopic (exact) mass is 211 g/mol. The van der Waals surface area contributed by atoms with Gasteiger partial charge in [-0.2, -0.15) is 0 Å². The standard InChI is InChI=1S/C12H25N3/c1-3-12-11-14(2)8-6-10-15(12)9-5-4-7-13/h4-5,12H,3,6-11,13H2,1-2H3/b5-4+. The molecular formula is C12H25N3. The number of nitrogens with two attached hydrogens (primary N) is 1. The van der Waals surface area contributed by atoms with Gasteiger partial charge in [0.1, 0.15) is 0 Å². The Labute approximate surface area is 93.9 Å². The molecule has 1 aliphatic heterocycles. The largest absolute Gasteiger partial charge is 0.327 e. The van der Waals surface area contributed by atoms with Crippen LogP contribution in [-0.4, -0.2) is 55.6 Å². The summed E-state index contributed by atoms with van der Waals surface area (Å²) in [7, 11) is 2.22. The zero-order valence-electron chi connectivity index (χ0n) is 10.2. The maximum absolute atomic E-state index is 5.45. The van der Waals surface area contributed by atoms with Gasteiger partial charge in [-0.3, -0.25) is 4.90 Å². The normalized spacial score (nSPS) is 25.9. The van der Waals surface area contributed by atoms with Crippen molar-refractivity contribution in [3.05, 3.63) is 12.2 Å². The van der Waals surface area contributed by atoms with E-state index in [0.29, 0.717) is 12.6 Å². The minimum atomic E-state index is 0.657. The average molecular weight is 211 g/mol. The fraction of sp³-hybridized carbons (Fsp3) is 0.833. The topological polar surface area (TPSA) is 32.5 Å². The molecular weight excluding hydrogens is 186 g/mol. The summed E-state index contributed by atoms with van der Waals surface area (Å²) in [6.07, 6.45) is 6.78. The third kappa shape index (κ3) is 4.33. The van der Waals surface area contributed by atoms with Crippen LogP contribution in [0.25, 0.3) is 0 Å². The lowest BCUT2D eigenvalue weighted by atomic mass is 10.2. The summed E-state index contributed by atoms with van der Waals surface area (Å²) in [5.74, 6) is 0. The SMILES string of the molecule is CCC1CN(C)CCCN1C/C=C/CN. The van der Waals surface area contributed by atoms with Crippen molar-refractivity contribution < 1.29 is 0 Å². The van der Waals surface area contributed by atoms with Gasteiger partial charge in [-0.1, -0.05) is 19.1 Å². The van der Waals surface area contributed by atoms with E-state index in [0.717, 1.165) is 6.54 Å². The number of likely N-dealkylation sites (N-methyl/N-ethyl adjacent to an activating group) is 1. The van der Waals surface area contributed by atoms with Crippen molar-refractivity contribution in [2.24, 2.45) is 5.73 Å². The lowest BCUT2D eigenvalue weighted by Crippen LogP contribution is -2.39. The van der Waals surface area contributed by atoms with E-state index in [9.17, 15) is 0 Å². The van der Waals surface area contributed by atoms with Crippen LogP contribution in [0, 0.1) is 0 Å². The van der Waals surface area contributed by atoms with Gasteiger partial charge in [0.05, 0.1) is 0 Å². The minimum absolute atomic E-state index is 0.657. The van der Waals surface area contributed by atoms with Crippen molar-refractivity contribution in [2.45, 2.75) is 25.8 Å². The molecule has 1 unspecified atom stereocenters. The van der Waals surface area contributed by atoms with Crippen LogP contribution in [0.2, 0.25) is 0 Å². The van der Waals surface area contributed by atoms with E-state index in [1.165, 1.54) is 32.5 Å². The summed E-state index contributed by atoms with van der Waals surface area (Å²) in [5, 5.41) is 0. The Morgan fingerprint density at radius 1 is 1.33 bits per heavy atom. The van der Waals surface area contributed by atoms with E-state index in [1.54, 1.807) is 0 Å². The number of rotatable bonds is 4. The van der Waals surface area contributed by atoms with Gasteiger partial charge in [0.25, 0.3) is 0 Å². The first-order chi connectivity index (χ1) is 7.27. The first-order valence-corrected chi connectivity index (χ1v) is 6.05. The maximum atomic E-state index is 5.45. The van der Waals surface area contributed by atoms with Crippen LogP contribution in [0.3, 0.4) is 0 Å². The lowest BCUT2D eigenvalue weighted by molar-refractivity contribution is 0.201. The number of nitrogens with zero attached hydrogens (tertiary/aromatic N) is 2. The molecule has 1 fully saturated rings. The Morgan fingerprint density at radius 3 is 2.80 bits per heavy atom. The Hall–Kier alpha value is -0.380. The highest BCUT2D eigenvalue weighted by Gasteiger charge is 2.20. The number of hydrogen-bond acceptors (Lipinski definition) is 3. The predicted octanol–water partition coefficient (Wildman–Crippen LogP) is 0.917. The van der Waals surface area contributed by atoms with E-state index in [4.69, 9.17) is 5.73 Å². The molecule has 0 amide bonds. The molecule has 0 aliphatic carbocycles. The Kier molecular flexibility index (Phi) is 5.91. The highest BCUT2D eigenvalue weighted by molar-refractivity contribution is 4.89. The average Bonchev–Trinajstić information content (AvgIpc) is 2.41. The van der Waals surface area contributed by atoms with Crippen LogP contribution in [0.1, 0.15) is 19.8 Å². The lowest BCUT2D eigenvalue weighted by Gasteiger charge is -2.29. The fourth-order valence-corrected chi connectivity index (χ4v) is 2.23. The minimum Gasteiger partial charge on any atom is -0.327 e. The summed E-state index contributed by atoms with van der Waals surface area (Å²) < 4.78 is 0. The molecule has 0 spiro atoms. The summed E-state index contributed by atoms with van der Waals surface area (Å²) in [6, 6.07) is 0.708. The van der Waals surface area contributed by atoms with Crippen molar-refractivity contribution in [1.82, 2.24) is 9.80 Å². The number of hydrogen-bond donors (Lipinski definition) is 1. The van der Waals surface area contributed by atoms with Crippen LogP contribution < -0.4 is 5.73 Å². The maximum Gasteiger partial charge on any atom is 0.0223 e. The van der Waals surface area contributed by atoms with E-state index in [2.05, 4.69) is 35.9 Å². The van der Waals surface area contributed by atoms with Crippen LogP contribution >= 0.6 is 0 Å². The van der Waals surface area contributed by atoms with Gasteiger partial charge >= 0.3 is 0 Å². The van der Waals surface area contributed by atoms with E-state index < -0.39 is 0 Å². The smallest absolute Gasteiger partial charge is 0.0223 e. The van der Waals surface area contributed by atoms with Gasteiger partial charge in [0.2, 0.25) is 0 Å². The molecule has 0 bridgehead atoms. The molecule has 1 saturated heterocycles. The van der Waals surface area contributed by atoms with Gasteiger partial charge in [0, 0.05) is 32.2 Å². The second-order valence-corrected chi connectivity index (χ2v) is 4.38. The molecule has 0 radical (unpaired) electrons. The van der Waals surface area contributed by atoms with Crippen LogP contribution in [-0.2, 0) is 0 Å². The summed E-state index contributed by atoms with van der Waals surface area (Å²) in [4.78, 5) is 5.02. The Balaban J connectivity index is 2.47. The quantitative estimate of drug-likeness (QED) is 0.702. The zero-order chi connectivity index (χ0) is 11.1. The molecule has 1 atom stereocenters. The fourth-order valence-electron chi connectivity index (χ4n) is 2.23. The highest BCUT2D eigenvalue weighted by Crippen LogP contribution is 2.11. The molecule has 1 aliphatic rings. The molecule has 0 saturated carbocycles. The molecule has 3 heteroatoms. The molecule has 88 valence electrons. The Bertz CT molecular complexity index is 191. The molecule has 0 aromatic rings. The summed E-state index contributed by atoms with van der Waals surface area (Å²) in [5.41, 5.74) is 5.45. The molecule has 2 N–H and O–H groups in total. The van der Waals surface area contributed by atoms with Crippen LogP contribution in [0.4, 0.5) is 0 Å². The van der Waals surface area contributed by atoms with Gasteiger partial charge in [-0.25, -0.2) is 0 Å². The van der Waals surface area contributed by atoms with Crippen molar-refractivity contribution in [3.8, 4) is 0 Å². The molecule has 1 heterocycles. The molecule has 15 heavy (non-hydrogen) atoms. The van der Waals surface area contributed by atoms with Crippen LogP contribution in [0.5, 0.6) is 0 Å². The van der Waals surface area contributed by atoms with Crippen molar-refractivity contribution in [1.29, 1.82) is 0 Å². The van der Waals surface area contributed by atoms with Gasteiger partial charge in [0.15, 0.2) is 0 Å². The van der Waals surface area contributed by atoms with Crippen molar-refractivity contribution >= 4 is 0 Å². The first-order valence-electron chi connectivity index (χ1n) is 6.05. The van der Waals surface area contributed by atoms with E-state index in [-0.39, 0.29) is 0 Å². The Morgan fingerprint density at radius 2 is 2.13 bits per heavy atom. The van der Waals surface area contributed by atoms with Crippen LogP contribution in [0.15, 0.2) is 12.2 Å². The third-order valence-corrected chi connectivity index (χ3v) is 3.14. The second kappa shape index (κ2) is 6.99. The molecule has 1 rings (SSSR count).